The molecule has 0 aliphatic carbocycles. The molecule has 0 amide bonds. The lowest BCUT2D eigenvalue weighted by atomic mass is 10.2. The molecule has 1 aromatic rings. The lowest BCUT2D eigenvalue weighted by Crippen LogP contribution is -2.02. The number of rotatable bonds is 1. The third-order valence-corrected chi connectivity index (χ3v) is 1.16. The van der Waals surface area contributed by atoms with Crippen molar-refractivity contribution in [2.75, 3.05) is 0 Å². The van der Waals surface area contributed by atoms with Gasteiger partial charge in [0.05, 0.1) is 5.56 Å². The van der Waals surface area contributed by atoms with Crippen LogP contribution >= 0.6 is 0 Å². The molecule has 0 saturated carbocycles. The average Bonchev–Trinajstić information content (AvgIpc) is 2.12. The molecular formula is C7H8F2N2O2. The van der Waals surface area contributed by atoms with E-state index in [0.717, 1.165) is 12.1 Å². The molecule has 5 N–H and O–H groups in total. The molecule has 6 heteroatoms. The van der Waals surface area contributed by atoms with Crippen LogP contribution in [0.5, 0.6) is 0 Å². The molecule has 0 radical (unpaired) electrons. The van der Waals surface area contributed by atoms with E-state index in [1.165, 1.54) is 0 Å². The van der Waals surface area contributed by atoms with Gasteiger partial charge in [-0.05, 0) is 18.2 Å². The first kappa shape index (κ1) is 11.5. The number of hydrazine groups is 1. The van der Waals surface area contributed by atoms with E-state index in [9.17, 15) is 13.6 Å². The Morgan fingerprint density at radius 2 is 1.85 bits per heavy atom. The molecule has 0 aliphatic heterocycles. The summed E-state index contributed by atoms with van der Waals surface area (Å²) in [5, 5.41) is 8.28. The summed E-state index contributed by atoms with van der Waals surface area (Å²) < 4.78 is 24.8. The Bertz CT molecular complexity index is 305. The van der Waals surface area contributed by atoms with Gasteiger partial charge in [0, 0.05) is 0 Å². The minimum atomic E-state index is -1.47. The molecule has 0 fully saturated rings. The molecule has 0 atom stereocenters. The second-order valence-electron chi connectivity index (χ2n) is 1.93. The molecule has 0 unspecified atom stereocenters. The lowest BCUT2D eigenvalue weighted by molar-refractivity contribution is 0.0691. The summed E-state index contributed by atoms with van der Waals surface area (Å²) in [7, 11) is 0. The summed E-state index contributed by atoms with van der Waals surface area (Å²) in [5.74, 6) is 4.84. The van der Waals surface area contributed by atoms with Crippen LogP contribution in [0.25, 0.3) is 0 Å². The highest BCUT2D eigenvalue weighted by Crippen LogP contribution is 2.08. The Morgan fingerprint density at radius 3 is 2.23 bits per heavy atom. The first-order chi connectivity index (χ1) is 6.11. The van der Waals surface area contributed by atoms with Crippen molar-refractivity contribution in [3.8, 4) is 0 Å². The molecule has 1 aromatic carbocycles. The Hall–Kier alpha value is -1.53. The highest BCUT2D eigenvalue weighted by atomic mass is 19.1. The molecule has 0 saturated heterocycles. The largest absolute Gasteiger partial charge is 0.478 e. The van der Waals surface area contributed by atoms with Gasteiger partial charge in [-0.25, -0.2) is 13.6 Å². The fraction of sp³-hybridized carbons (Fsp3) is 0. The summed E-state index contributed by atoms with van der Waals surface area (Å²) in [5.41, 5.74) is -0.648. The maximum Gasteiger partial charge on any atom is 0.338 e. The summed E-state index contributed by atoms with van der Waals surface area (Å²) in [6, 6.07) is 2.28. The zero-order valence-electron chi connectivity index (χ0n) is 6.50. The minimum absolute atomic E-state index is 0.637. The number of benzene rings is 1. The van der Waals surface area contributed by atoms with E-state index in [1.807, 2.05) is 0 Å². The van der Waals surface area contributed by atoms with E-state index >= 15 is 0 Å². The minimum Gasteiger partial charge on any atom is -0.478 e. The number of carboxylic acid groups (broad SMARTS) is 1. The number of hydrogen-bond donors (Lipinski definition) is 3. The van der Waals surface area contributed by atoms with Crippen molar-refractivity contribution in [1.82, 2.24) is 0 Å². The monoisotopic (exact) mass is 190 g/mol. The zero-order valence-corrected chi connectivity index (χ0v) is 6.50. The quantitative estimate of drug-likeness (QED) is 0.444. The highest BCUT2D eigenvalue weighted by molar-refractivity contribution is 5.87. The van der Waals surface area contributed by atoms with Gasteiger partial charge < -0.3 is 5.11 Å². The topological polar surface area (TPSA) is 89.3 Å². The van der Waals surface area contributed by atoms with Crippen LogP contribution in [0, 0.1) is 11.6 Å². The first-order valence-electron chi connectivity index (χ1n) is 3.13. The first-order valence-corrected chi connectivity index (χ1v) is 3.13. The molecule has 0 spiro atoms. The normalized spacial score (nSPS) is 8.62. The Balaban J connectivity index is 0.000000671. The van der Waals surface area contributed by atoms with Gasteiger partial charge in [0.2, 0.25) is 0 Å². The Labute approximate surface area is 72.7 Å². The summed E-state index contributed by atoms with van der Waals surface area (Å²) >= 11 is 0. The van der Waals surface area contributed by atoms with Crippen LogP contribution in [0.1, 0.15) is 10.4 Å². The van der Waals surface area contributed by atoms with E-state index in [4.69, 9.17) is 5.11 Å². The average molecular weight is 190 g/mol. The van der Waals surface area contributed by atoms with Gasteiger partial charge in [-0.15, -0.1) is 0 Å². The van der Waals surface area contributed by atoms with Crippen LogP contribution in [0.4, 0.5) is 8.78 Å². The number of carbonyl (C=O) groups is 1. The molecular weight excluding hydrogens is 182 g/mol. The van der Waals surface area contributed by atoms with E-state index in [-0.39, 0.29) is 0 Å². The van der Waals surface area contributed by atoms with E-state index < -0.39 is 23.2 Å². The van der Waals surface area contributed by atoms with Crippen molar-refractivity contribution < 1.29 is 18.7 Å². The van der Waals surface area contributed by atoms with Crippen LogP contribution in [-0.2, 0) is 0 Å². The van der Waals surface area contributed by atoms with Crippen molar-refractivity contribution >= 4 is 5.97 Å². The molecule has 72 valence electrons. The Morgan fingerprint density at radius 1 is 1.31 bits per heavy atom. The predicted octanol–water partition coefficient (Wildman–Crippen LogP) is 0.482. The van der Waals surface area contributed by atoms with Crippen molar-refractivity contribution in [2.24, 2.45) is 11.7 Å². The van der Waals surface area contributed by atoms with E-state index in [0.29, 0.717) is 6.07 Å². The molecule has 0 heterocycles. The summed E-state index contributed by atoms with van der Waals surface area (Å²) in [4.78, 5) is 10.2. The van der Waals surface area contributed by atoms with E-state index in [2.05, 4.69) is 11.7 Å². The van der Waals surface area contributed by atoms with Crippen molar-refractivity contribution in [2.45, 2.75) is 0 Å². The van der Waals surface area contributed by atoms with Gasteiger partial charge >= 0.3 is 5.97 Å². The number of halogens is 2. The van der Waals surface area contributed by atoms with Gasteiger partial charge in [-0.1, -0.05) is 0 Å². The summed E-state index contributed by atoms with van der Waals surface area (Å²) in [6.07, 6.45) is 0. The maximum atomic E-state index is 12.5. The molecule has 13 heavy (non-hydrogen) atoms. The molecule has 4 nitrogen and oxygen atoms in total. The SMILES string of the molecule is NN.O=C(O)c1cc(F)ccc1F. The van der Waals surface area contributed by atoms with Crippen LogP contribution in [0.2, 0.25) is 0 Å². The second kappa shape index (κ2) is 5.18. The van der Waals surface area contributed by atoms with Crippen LogP contribution < -0.4 is 11.7 Å². The smallest absolute Gasteiger partial charge is 0.338 e. The van der Waals surface area contributed by atoms with Crippen LogP contribution in [0.3, 0.4) is 0 Å². The van der Waals surface area contributed by atoms with Crippen LogP contribution in [0.15, 0.2) is 18.2 Å². The van der Waals surface area contributed by atoms with Crippen LogP contribution in [-0.4, -0.2) is 11.1 Å². The van der Waals surface area contributed by atoms with Crippen molar-refractivity contribution in [3.05, 3.63) is 35.4 Å². The highest BCUT2D eigenvalue weighted by Gasteiger charge is 2.09. The molecule has 0 bridgehead atoms. The molecule has 1 rings (SSSR count). The number of hydrogen-bond acceptors (Lipinski definition) is 3. The van der Waals surface area contributed by atoms with Crippen molar-refractivity contribution in [1.29, 1.82) is 0 Å². The maximum absolute atomic E-state index is 12.5. The van der Waals surface area contributed by atoms with Crippen molar-refractivity contribution in [3.63, 3.8) is 0 Å². The number of carboxylic acids is 1. The van der Waals surface area contributed by atoms with Gasteiger partial charge in [0.1, 0.15) is 11.6 Å². The van der Waals surface area contributed by atoms with Gasteiger partial charge in [0.15, 0.2) is 0 Å². The third-order valence-electron chi connectivity index (χ3n) is 1.16. The number of aromatic carboxylic acids is 1. The zero-order chi connectivity index (χ0) is 10.4. The number of nitrogens with two attached hydrogens (primary N) is 2. The van der Waals surface area contributed by atoms with Gasteiger partial charge in [0.25, 0.3) is 0 Å². The molecule has 0 aliphatic rings. The standard InChI is InChI=1S/C7H4F2O2.H4N2/c8-4-1-2-6(9)5(3-4)7(10)11;1-2/h1-3H,(H,10,11);1-2H2. The fourth-order valence-corrected chi connectivity index (χ4v) is 0.661. The summed E-state index contributed by atoms with van der Waals surface area (Å²) in [6.45, 7) is 0. The molecule has 0 aromatic heterocycles. The third kappa shape index (κ3) is 3.14. The lowest BCUT2D eigenvalue weighted by Gasteiger charge is -1.95. The fourth-order valence-electron chi connectivity index (χ4n) is 0.661. The van der Waals surface area contributed by atoms with E-state index in [1.54, 1.807) is 0 Å². The Kier molecular flexibility index (Phi) is 4.57. The second-order valence-corrected chi connectivity index (χ2v) is 1.93. The van der Waals surface area contributed by atoms with Gasteiger partial charge in [-0.3, -0.25) is 11.7 Å². The van der Waals surface area contributed by atoms with Gasteiger partial charge in [-0.2, -0.15) is 0 Å². The predicted molar refractivity (Wildman–Crippen MR) is 41.7 cm³/mol.